The van der Waals surface area contributed by atoms with Crippen LogP contribution in [0.2, 0.25) is 0 Å². The number of carbonyl (C=O) groups is 2. The number of amides is 1. The molecule has 0 aliphatic carbocycles. The van der Waals surface area contributed by atoms with Crippen LogP contribution in [0, 0.1) is 0 Å². The first-order valence-corrected chi connectivity index (χ1v) is 6.05. The minimum Gasteiger partial charge on any atom is -0.467 e. The Balaban J connectivity index is 2.08. The van der Waals surface area contributed by atoms with Crippen LogP contribution in [0.1, 0.15) is 16.1 Å². The molecule has 92 valence electrons. The molecule has 0 N–H and O–H groups in total. The van der Waals surface area contributed by atoms with E-state index < -0.39 is 11.6 Å². The number of rotatable bonds is 2. The molecule has 1 atom stereocenters. The van der Waals surface area contributed by atoms with E-state index in [1.807, 2.05) is 0 Å². The van der Waals surface area contributed by atoms with Gasteiger partial charge < -0.3 is 9.64 Å². The van der Waals surface area contributed by atoms with E-state index in [2.05, 4.69) is 4.74 Å². The summed E-state index contributed by atoms with van der Waals surface area (Å²) in [7, 11) is 1.15. The Bertz CT molecular complexity index is 434. The van der Waals surface area contributed by atoms with Gasteiger partial charge in [-0.1, -0.05) is 6.07 Å². The van der Waals surface area contributed by atoms with Crippen molar-refractivity contribution in [1.82, 2.24) is 4.90 Å². The summed E-state index contributed by atoms with van der Waals surface area (Å²) in [6.07, 6.45) is -0.00319. The van der Waals surface area contributed by atoms with E-state index in [1.54, 1.807) is 17.5 Å². The van der Waals surface area contributed by atoms with Crippen molar-refractivity contribution in [2.45, 2.75) is 12.1 Å². The summed E-state index contributed by atoms with van der Waals surface area (Å²) in [5.41, 5.74) is -2.05. The van der Waals surface area contributed by atoms with Gasteiger partial charge in [-0.2, -0.15) is 0 Å². The molecule has 4 nitrogen and oxygen atoms in total. The third kappa shape index (κ3) is 2.17. The molecule has 6 heteroatoms. The number of methoxy groups -OCH3 is 1. The van der Waals surface area contributed by atoms with Crippen molar-refractivity contribution in [2.75, 3.05) is 20.2 Å². The van der Waals surface area contributed by atoms with Crippen molar-refractivity contribution in [3.05, 3.63) is 22.4 Å². The lowest BCUT2D eigenvalue weighted by Gasteiger charge is -2.18. The lowest BCUT2D eigenvalue weighted by atomic mass is 10.1. The maximum atomic E-state index is 14.1. The number of likely N-dealkylation sites (tertiary alicyclic amines) is 1. The van der Waals surface area contributed by atoms with E-state index in [0.29, 0.717) is 4.88 Å². The van der Waals surface area contributed by atoms with Gasteiger partial charge in [-0.25, -0.2) is 9.18 Å². The third-order valence-electron chi connectivity index (χ3n) is 2.79. The van der Waals surface area contributed by atoms with Crippen LogP contribution in [0.4, 0.5) is 4.39 Å². The van der Waals surface area contributed by atoms with Crippen LogP contribution in [-0.4, -0.2) is 42.6 Å². The molecule has 1 aromatic rings. The number of hydrogen-bond acceptors (Lipinski definition) is 4. The molecular weight excluding hydrogens is 245 g/mol. The number of hydrogen-bond donors (Lipinski definition) is 0. The standard InChI is InChI=1S/C11H12FNO3S/c1-16-10(15)11(12)4-5-13(7-11)9(14)8-3-2-6-17-8/h2-3,6H,4-5,7H2,1H3. The summed E-state index contributed by atoms with van der Waals surface area (Å²) in [5.74, 6) is -1.14. The molecule has 0 bridgehead atoms. The summed E-state index contributed by atoms with van der Waals surface area (Å²) in [6, 6.07) is 3.44. The van der Waals surface area contributed by atoms with Crippen LogP contribution < -0.4 is 0 Å². The molecule has 0 radical (unpaired) electrons. The maximum absolute atomic E-state index is 14.1. The van der Waals surface area contributed by atoms with Crippen molar-refractivity contribution >= 4 is 23.2 Å². The topological polar surface area (TPSA) is 46.6 Å². The molecule has 2 heterocycles. The SMILES string of the molecule is COC(=O)C1(F)CCN(C(=O)c2cccs2)C1. The van der Waals surface area contributed by atoms with Crippen LogP contribution in [0.15, 0.2) is 17.5 Å². The molecule has 1 amide bonds. The predicted octanol–water partition coefficient (Wildman–Crippen LogP) is 1.48. The Kier molecular flexibility index (Phi) is 3.15. The van der Waals surface area contributed by atoms with Crippen LogP contribution >= 0.6 is 11.3 Å². The lowest BCUT2D eigenvalue weighted by molar-refractivity contribution is -0.153. The predicted molar refractivity (Wildman–Crippen MR) is 60.7 cm³/mol. The van der Waals surface area contributed by atoms with Gasteiger partial charge in [-0.15, -0.1) is 11.3 Å². The van der Waals surface area contributed by atoms with Gasteiger partial charge in [0.2, 0.25) is 5.67 Å². The first-order valence-electron chi connectivity index (χ1n) is 5.17. The molecule has 1 aromatic heterocycles. The molecule has 0 saturated carbocycles. The quantitative estimate of drug-likeness (QED) is 0.754. The van der Waals surface area contributed by atoms with E-state index in [9.17, 15) is 14.0 Å². The van der Waals surface area contributed by atoms with Gasteiger partial charge in [0.05, 0.1) is 18.5 Å². The van der Waals surface area contributed by atoms with E-state index in [0.717, 1.165) is 7.11 Å². The Labute approximate surface area is 102 Å². The van der Waals surface area contributed by atoms with Crippen LogP contribution in [0.25, 0.3) is 0 Å². The van der Waals surface area contributed by atoms with Gasteiger partial charge in [0.25, 0.3) is 5.91 Å². The van der Waals surface area contributed by atoms with E-state index >= 15 is 0 Å². The van der Waals surface area contributed by atoms with Crippen LogP contribution in [-0.2, 0) is 9.53 Å². The van der Waals surface area contributed by atoms with Crippen molar-refractivity contribution in [3.63, 3.8) is 0 Å². The number of esters is 1. The van der Waals surface area contributed by atoms with Crippen molar-refractivity contribution in [1.29, 1.82) is 0 Å². The highest BCUT2D eigenvalue weighted by atomic mass is 32.1. The zero-order chi connectivity index (χ0) is 12.5. The summed E-state index contributed by atoms with van der Waals surface area (Å²) < 4.78 is 18.5. The van der Waals surface area contributed by atoms with Crippen molar-refractivity contribution in [3.8, 4) is 0 Å². The van der Waals surface area contributed by atoms with E-state index in [1.165, 1.54) is 16.2 Å². The van der Waals surface area contributed by atoms with E-state index in [-0.39, 0.29) is 25.4 Å². The molecule has 0 aromatic carbocycles. The number of alkyl halides is 1. The summed E-state index contributed by atoms with van der Waals surface area (Å²) in [6.45, 7) is 0.0126. The zero-order valence-corrected chi connectivity index (χ0v) is 10.1. The average Bonchev–Trinajstić information content (AvgIpc) is 2.96. The highest BCUT2D eigenvalue weighted by Crippen LogP contribution is 2.28. The summed E-state index contributed by atoms with van der Waals surface area (Å²) >= 11 is 1.30. The van der Waals surface area contributed by atoms with Gasteiger partial charge >= 0.3 is 5.97 Å². The highest BCUT2D eigenvalue weighted by molar-refractivity contribution is 7.12. The Morgan fingerprint density at radius 3 is 2.94 bits per heavy atom. The second kappa shape index (κ2) is 4.44. The monoisotopic (exact) mass is 257 g/mol. The Hall–Kier alpha value is -1.43. The zero-order valence-electron chi connectivity index (χ0n) is 9.31. The number of halogens is 1. The normalized spacial score (nSPS) is 23.8. The minimum absolute atomic E-state index is 0.00319. The Morgan fingerprint density at radius 1 is 1.59 bits per heavy atom. The second-order valence-corrected chi connectivity index (χ2v) is 4.86. The highest BCUT2D eigenvalue weighted by Gasteiger charge is 2.47. The number of ether oxygens (including phenoxy) is 1. The first kappa shape index (κ1) is 12.0. The Morgan fingerprint density at radius 2 is 2.35 bits per heavy atom. The molecular formula is C11H12FNO3S. The van der Waals surface area contributed by atoms with Gasteiger partial charge in [0.15, 0.2) is 0 Å². The molecule has 1 fully saturated rings. The van der Waals surface area contributed by atoms with Gasteiger partial charge in [0.1, 0.15) is 0 Å². The number of thiophene rings is 1. The third-order valence-corrected chi connectivity index (χ3v) is 3.65. The van der Waals surface area contributed by atoms with Crippen LogP contribution in [0.5, 0.6) is 0 Å². The lowest BCUT2D eigenvalue weighted by Crippen LogP contribution is -2.39. The fraction of sp³-hybridized carbons (Fsp3) is 0.455. The molecule has 1 saturated heterocycles. The first-order chi connectivity index (χ1) is 8.07. The average molecular weight is 257 g/mol. The van der Waals surface area contributed by atoms with Gasteiger partial charge in [-0.3, -0.25) is 4.79 Å². The minimum atomic E-state index is -2.05. The summed E-state index contributed by atoms with van der Waals surface area (Å²) in [5, 5.41) is 1.78. The fourth-order valence-corrected chi connectivity index (χ4v) is 2.54. The summed E-state index contributed by atoms with van der Waals surface area (Å²) in [4.78, 5) is 25.1. The smallest absolute Gasteiger partial charge is 0.345 e. The molecule has 1 unspecified atom stereocenters. The molecule has 2 rings (SSSR count). The van der Waals surface area contributed by atoms with Crippen LogP contribution in [0.3, 0.4) is 0 Å². The molecule has 17 heavy (non-hydrogen) atoms. The molecule has 1 aliphatic heterocycles. The van der Waals surface area contributed by atoms with E-state index in [4.69, 9.17) is 0 Å². The number of carbonyl (C=O) groups excluding carboxylic acids is 2. The van der Waals surface area contributed by atoms with Gasteiger partial charge in [-0.05, 0) is 11.4 Å². The van der Waals surface area contributed by atoms with Crippen molar-refractivity contribution < 1.29 is 18.7 Å². The maximum Gasteiger partial charge on any atom is 0.345 e. The van der Waals surface area contributed by atoms with Crippen molar-refractivity contribution in [2.24, 2.45) is 0 Å². The fourth-order valence-electron chi connectivity index (χ4n) is 1.85. The molecule has 1 aliphatic rings. The van der Waals surface area contributed by atoms with Gasteiger partial charge in [0, 0.05) is 13.0 Å². The second-order valence-electron chi connectivity index (χ2n) is 3.91. The largest absolute Gasteiger partial charge is 0.467 e. The number of nitrogens with zero attached hydrogens (tertiary/aromatic N) is 1. The molecule has 0 spiro atoms.